The predicted octanol–water partition coefficient (Wildman–Crippen LogP) is 0.566. The number of carbonyl (C=O) groups excluding carboxylic acids is 2. The topological polar surface area (TPSA) is 199 Å². The molecule has 6 N–H and O–H groups in total. The molecule has 2 aliphatic heterocycles. The Morgan fingerprint density at radius 3 is 2.81 bits per heavy atom. The quantitative estimate of drug-likeness (QED) is 0.124. The van der Waals surface area contributed by atoms with Gasteiger partial charge in [-0.1, -0.05) is 28.3 Å². The SMILES string of the molecule is NCC(ON=C(C(=O)NC1C(=O)N2C(C(=O)O)=C(CSc3nncs3)CS[C@@H]12)c1csc(N)n1)C1CC1. The van der Waals surface area contributed by atoms with Crippen molar-refractivity contribution in [1.82, 2.24) is 25.4 Å². The van der Waals surface area contributed by atoms with Crippen LogP contribution in [0, 0.1) is 5.92 Å². The van der Waals surface area contributed by atoms with E-state index in [9.17, 15) is 19.5 Å². The van der Waals surface area contributed by atoms with Gasteiger partial charge < -0.3 is 26.7 Å². The first-order chi connectivity index (χ1) is 17.9. The first-order valence-electron chi connectivity index (χ1n) is 11.1. The minimum absolute atomic E-state index is 0.0593. The highest BCUT2D eigenvalue weighted by atomic mass is 32.2. The fourth-order valence-electron chi connectivity index (χ4n) is 3.89. The maximum Gasteiger partial charge on any atom is 0.352 e. The summed E-state index contributed by atoms with van der Waals surface area (Å²) in [5.41, 5.74) is 13.8. The molecule has 3 aliphatic rings. The van der Waals surface area contributed by atoms with E-state index in [-0.39, 0.29) is 34.9 Å². The van der Waals surface area contributed by atoms with Crippen molar-refractivity contribution in [3.05, 3.63) is 27.9 Å². The number of rotatable bonds is 11. The zero-order chi connectivity index (χ0) is 26.1. The molecular formula is C20H22N8O5S4. The molecule has 2 aromatic heterocycles. The lowest BCUT2D eigenvalue weighted by Crippen LogP contribution is -2.71. The summed E-state index contributed by atoms with van der Waals surface area (Å²) in [6, 6.07) is -0.931. The average Bonchev–Trinajstić information content (AvgIpc) is 3.41. The fourth-order valence-corrected chi connectivity index (χ4v) is 7.41. The first-order valence-corrected chi connectivity index (χ1v) is 14.9. The number of aromatic nitrogens is 3. The molecule has 0 aromatic carbocycles. The van der Waals surface area contributed by atoms with Crippen LogP contribution in [-0.2, 0) is 19.2 Å². The Morgan fingerprint density at radius 1 is 1.38 bits per heavy atom. The third-order valence-electron chi connectivity index (χ3n) is 5.89. The van der Waals surface area contributed by atoms with Crippen LogP contribution in [0.15, 0.2) is 31.7 Å². The molecule has 1 aliphatic carbocycles. The summed E-state index contributed by atoms with van der Waals surface area (Å²) in [6.07, 6.45) is 1.64. The van der Waals surface area contributed by atoms with Crippen molar-refractivity contribution in [2.45, 2.75) is 34.7 Å². The van der Waals surface area contributed by atoms with Crippen LogP contribution in [-0.4, -0.2) is 84.3 Å². The Morgan fingerprint density at radius 2 is 2.19 bits per heavy atom. The number of fused-ring (bicyclic) bond motifs is 1. The van der Waals surface area contributed by atoms with E-state index in [4.69, 9.17) is 16.3 Å². The Hall–Kier alpha value is -2.73. The van der Waals surface area contributed by atoms with Crippen LogP contribution in [0.5, 0.6) is 0 Å². The number of thiazole rings is 1. The molecule has 0 bridgehead atoms. The van der Waals surface area contributed by atoms with Gasteiger partial charge in [0.1, 0.15) is 34.4 Å². The highest BCUT2D eigenvalue weighted by Gasteiger charge is 2.54. The summed E-state index contributed by atoms with van der Waals surface area (Å²) in [6.45, 7) is 0.251. The summed E-state index contributed by atoms with van der Waals surface area (Å²) in [7, 11) is 0. The number of thioether (sulfide) groups is 2. The van der Waals surface area contributed by atoms with Crippen LogP contribution in [0.25, 0.3) is 0 Å². The number of nitrogen functional groups attached to an aromatic ring is 1. The van der Waals surface area contributed by atoms with Crippen LogP contribution in [0.4, 0.5) is 5.13 Å². The van der Waals surface area contributed by atoms with E-state index in [2.05, 4.69) is 25.7 Å². The summed E-state index contributed by atoms with van der Waals surface area (Å²) < 4.78 is 0.708. The molecule has 5 rings (SSSR count). The standard InChI is InChI=1S/C20H22N8O5S4/c21-3-11(8-1-2-8)33-27-12(10-6-35-19(22)24-10)15(29)25-13-16(30)28-14(18(31)32)9(4-34-17(13)28)5-36-20-26-23-7-37-20/h6-8,11,13,17H,1-5,21H2,(H2,22,24)(H,25,29)(H,31,32)/t11?,13?,17-/m0/s1. The zero-order valence-electron chi connectivity index (χ0n) is 19.1. The molecule has 1 saturated carbocycles. The van der Waals surface area contributed by atoms with Gasteiger partial charge in [-0.15, -0.1) is 33.3 Å². The third kappa shape index (κ3) is 5.45. The number of aliphatic carboxylic acids is 1. The van der Waals surface area contributed by atoms with E-state index in [1.807, 2.05) is 0 Å². The third-order valence-corrected chi connectivity index (χ3v) is 9.85. The molecule has 37 heavy (non-hydrogen) atoms. The van der Waals surface area contributed by atoms with Crippen molar-refractivity contribution >= 4 is 74.8 Å². The number of carbonyl (C=O) groups is 3. The number of hydrogen-bond donors (Lipinski definition) is 4. The maximum atomic E-state index is 13.2. The smallest absolute Gasteiger partial charge is 0.352 e. The van der Waals surface area contributed by atoms with E-state index in [1.165, 1.54) is 39.8 Å². The minimum Gasteiger partial charge on any atom is -0.477 e. The molecule has 3 atom stereocenters. The van der Waals surface area contributed by atoms with Gasteiger partial charge in [0.25, 0.3) is 11.8 Å². The van der Waals surface area contributed by atoms with Gasteiger partial charge in [0.15, 0.2) is 15.2 Å². The van der Waals surface area contributed by atoms with Crippen LogP contribution >= 0.6 is 46.2 Å². The Kier molecular flexibility index (Phi) is 7.66. The summed E-state index contributed by atoms with van der Waals surface area (Å²) in [5.74, 6) is -1.34. The summed E-state index contributed by atoms with van der Waals surface area (Å²) >= 11 is 5.24. The van der Waals surface area contributed by atoms with Crippen molar-refractivity contribution in [2.75, 3.05) is 23.8 Å². The summed E-state index contributed by atoms with van der Waals surface area (Å²) in [4.78, 5) is 49.3. The van der Waals surface area contributed by atoms with Crippen LogP contribution in [0.3, 0.4) is 0 Å². The Labute approximate surface area is 227 Å². The molecule has 196 valence electrons. The molecule has 13 nitrogen and oxygen atoms in total. The van der Waals surface area contributed by atoms with Gasteiger partial charge >= 0.3 is 5.97 Å². The van der Waals surface area contributed by atoms with E-state index in [0.717, 1.165) is 24.2 Å². The van der Waals surface area contributed by atoms with Crippen LogP contribution in [0.1, 0.15) is 18.5 Å². The molecule has 17 heteroatoms. The van der Waals surface area contributed by atoms with Gasteiger partial charge in [-0.2, -0.15) is 0 Å². The van der Waals surface area contributed by atoms with E-state index in [0.29, 0.717) is 27.3 Å². The normalized spacial score (nSPS) is 22.4. The van der Waals surface area contributed by atoms with Crippen molar-refractivity contribution in [1.29, 1.82) is 0 Å². The van der Waals surface area contributed by atoms with Gasteiger partial charge in [-0.05, 0) is 24.3 Å². The van der Waals surface area contributed by atoms with Crippen molar-refractivity contribution in [3.63, 3.8) is 0 Å². The number of carboxylic acids is 1. The number of oxime groups is 1. The number of nitrogens with two attached hydrogens (primary N) is 2. The van der Waals surface area contributed by atoms with E-state index in [1.54, 1.807) is 10.9 Å². The number of β-lactam (4-membered cyclic amide) rings is 1. The Bertz CT molecular complexity index is 1260. The molecule has 1 saturated heterocycles. The van der Waals surface area contributed by atoms with E-state index >= 15 is 0 Å². The minimum atomic E-state index is -1.20. The average molecular weight is 583 g/mol. The molecular weight excluding hydrogens is 561 g/mol. The molecule has 2 amide bonds. The number of hydrogen-bond acceptors (Lipinski definition) is 14. The first kappa shape index (κ1) is 25.9. The highest BCUT2D eigenvalue weighted by molar-refractivity contribution is 8.01. The van der Waals surface area contributed by atoms with Crippen molar-refractivity contribution < 1.29 is 24.3 Å². The second-order valence-electron chi connectivity index (χ2n) is 8.34. The molecule has 0 spiro atoms. The maximum absolute atomic E-state index is 13.2. The molecule has 2 fully saturated rings. The predicted molar refractivity (Wildman–Crippen MR) is 140 cm³/mol. The van der Waals surface area contributed by atoms with Crippen molar-refractivity contribution in [2.24, 2.45) is 16.8 Å². The van der Waals surface area contributed by atoms with Gasteiger partial charge in [-0.25, -0.2) is 9.78 Å². The second kappa shape index (κ2) is 10.9. The molecule has 4 heterocycles. The molecule has 2 aromatic rings. The molecule has 0 radical (unpaired) electrons. The fraction of sp³-hybridized carbons (Fsp3) is 0.450. The second-order valence-corrected chi connectivity index (χ2v) is 12.4. The molecule has 2 unspecified atom stereocenters. The summed E-state index contributed by atoms with van der Waals surface area (Å²) in [5, 5.41) is 25.6. The lowest BCUT2D eigenvalue weighted by molar-refractivity contribution is -0.150. The van der Waals surface area contributed by atoms with E-state index < -0.39 is 29.2 Å². The van der Waals surface area contributed by atoms with Crippen LogP contribution < -0.4 is 16.8 Å². The van der Waals surface area contributed by atoms with Gasteiger partial charge in [0.05, 0.1) is 0 Å². The van der Waals surface area contributed by atoms with Crippen LogP contribution in [0.2, 0.25) is 0 Å². The number of nitrogens with zero attached hydrogens (tertiary/aromatic N) is 5. The van der Waals surface area contributed by atoms with Gasteiger partial charge in [0, 0.05) is 23.4 Å². The highest BCUT2D eigenvalue weighted by Crippen LogP contribution is 2.41. The Balaban J connectivity index is 1.31. The number of nitrogens with one attached hydrogen (secondary N) is 1. The number of carboxylic acid groups (broad SMARTS) is 1. The zero-order valence-corrected chi connectivity index (χ0v) is 22.4. The number of amides is 2. The largest absolute Gasteiger partial charge is 0.477 e. The van der Waals surface area contributed by atoms with Gasteiger partial charge in [-0.3, -0.25) is 14.5 Å². The lowest BCUT2D eigenvalue weighted by Gasteiger charge is -2.49. The van der Waals surface area contributed by atoms with Crippen molar-refractivity contribution in [3.8, 4) is 0 Å². The number of anilines is 1. The lowest BCUT2D eigenvalue weighted by atomic mass is 10.0. The van der Waals surface area contributed by atoms with Gasteiger partial charge in [0.2, 0.25) is 0 Å². The monoisotopic (exact) mass is 582 g/mol.